The van der Waals surface area contributed by atoms with E-state index in [4.69, 9.17) is 99.5 Å². The lowest BCUT2D eigenvalue weighted by Crippen LogP contribution is -2.71. The van der Waals surface area contributed by atoms with Crippen LogP contribution in [0.4, 0.5) is 0 Å². The molecule has 11 aliphatic rings. The minimum absolute atomic E-state index is 0.822. The van der Waals surface area contributed by atoms with Crippen molar-refractivity contribution in [1.29, 1.82) is 0 Å². The van der Waals surface area contributed by atoms with Gasteiger partial charge in [0.1, 0.15) is 256 Å². The van der Waals surface area contributed by atoms with Crippen LogP contribution < -0.4 is 26.6 Å². The molecular weight excluding hydrogens is 1850 g/mol. The number of aliphatic hydroxyl groups is 28. The second kappa shape index (κ2) is 48.2. The number of carbonyl (C=O) groups is 5. The molecule has 0 saturated carbocycles. The molecule has 0 aromatic rings. The molecule has 11 aliphatic heterocycles. The highest BCUT2D eigenvalue weighted by Crippen LogP contribution is 2.42. The molecule has 0 radical (unpaired) electrons. The molecule has 11 fully saturated rings. The van der Waals surface area contributed by atoms with Gasteiger partial charge in [0.25, 0.3) is 0 Å². The average molecular weight is 1970 g/mol. The Morgan fingerprint density at radius 2 is 0.481 bits per heavy atom. The monoisotopic (exact) mass is 1970 g/mol. The first-order valence-electron chi connectivity index (χ1n) is 43.4. The van der Waals surface area contributed by atoms with Crippen molar-refractivity contribution in [2.75, 3.05) is 59.5 Å². The number of hydrogen-bond acceptors (Lipinski definition) is 54. The van der Waals surface area contributed by atoms with Gasteiger partial charge in [-0.3, -0.25) is 24.0 Å². The van der Waals surface area contributed by atoms with Gasteiger partial charge in [-0.05, 0) is 13.8 Å². The maximum Gasteiger partial charge on any atom is 0.217 e. The summed E-state index contributed by atoms with van der Waals surface area (Å²) in [6.45, 7) is -3.10. The molecule has 0 aromatic heterocycles. The molecule has 59 nitrogen and oxygen atoms in total. The molecule has 0 aromatic carbocycles. The van der Waals surface area contributed by atoms with Gasteiger partial charge in [0.15, 0.2) is 69.2 Å². The fourth-order valence-electron chi connectivity index (χ4n) is 17.6. The lowest BCUT2D eigenvalue weighted by atomic mass is 9.93. The standard InChI is InChI=1S/C76H127N5O54/c1-17-38(94)49(105)54(110)71(117-17)115-16-32-60(46(102)33(66(114)119-32)77-19(3)89)129-68-35(79-21(5)91)48(104)59(29(13-87)124-68)130-74-57(113)63(44(100)31(127-74)15-116-75-64(52(108)42(98)26(10-84)122-75)134-69-36(80-22(6)92)47(103)58(28(12-86)125-69)128-67-34(78-20(4)90)45(101)40(96)24(8-82)120-67)133-76-65(53(109)43(99)27(11-85)123-76)135-70-37(81-23(7)93)62(132-72-55(111)50(106)39(95)18(2)118-72)61(30(14-88)126-70)131-73-56(112)51(107)41(97)25(9-83)121-73/h17-18,24-76,82-88,94-114H,8-16H2,1-7H3,(H,77,89)(H,78,90)(H,79,91)(H,80,92)(H,81,93)/t17-,18-,24+,25+,26+,27+,28+,29+,30+,31+,32+,33+,34+,35+,36+,37-,38+,39+,40-,41-,42+,43+,44+,45+,46+,47+,48+,49+,50+,51-,52-,53-,54-,55-,56+,57-,58+,59+,60+,61+,62+,63-,64-,65-,66?,67-,68-,69-,70-,71+,72-,73-,74-,75-,76+/m0/s1. The molecule has 11 heterocycles. The number of carbonyl (C=O) groups excluding carboxylic acids is 5. The normalized spacial score (nSPS) is 49.5. The average Bonchev–Trinajstić information content (AvgIpc) is 0.763. The maximum absolute atomic E-state index is 13.6. The van der Waals surface area contributed by atoms with Gasteiger partial charge in [0.05, 0.1) is 71.7 Å². The fourth-order valence-corrected chi connectivity index (χ4v) is 17.6. The van der Waals surface area contributed by atoms with Crippen LogP contribution in [0.5, 0.6) is 0 Å². The summed E-state index contributed by atoms with van der Waals surface area (Å²) in [4.78, 5) is 65.1. The molecule has 135 heavy (non-hydrogen) atoms. The van der Waals surface area contributed by atoms with Crippen LogP contribution in [-0.4, -0.2) is 569 Å². The SMILES string of the molecule is CC(=O)N[C@@H]1[C@H](O[C@@H]2[C@@H](O[C@@H]3[C@H](O)[C@H](O[C@H]4[C@H](O)[C@@H](NC(C)=O)[C@H](O[C@H]5[C@H](O)[C@@H](NC(C)=O)C(O)O[C@@H]5CO[C@@H]5O[C@@H](C)[C@@H](O)[C@@H](O)[C@@H]5O)O[C@@H]4CO)O[C@H](CO[C@H]4O[C@H](CO)[C@@H](O)[C@H](O)[C@@H]4O[C@@H]4O[C@H](CO)[C@@H](O[C@@H]5O[C@H](CO)[C@H](O)[C@H](O)[C@H]5NC(C)=O)[C@H](O)[C@H]4NC(C)=O)[C@H]3O)O[C@H](CO)[C@@H](O)[C@@H]2O)O[C@H](CO)[C@@H](O[C@@H]2O[C@H](CO)[C@H](O)[C@H](O)[C@H]2O)[C@@H]1O[C@@H]1O[C@@H](C)[C@@H](O)[C@@H](O)[C@@H]1O. The van der Waals surface area contributed by atoms with E-state index in [2.05, 4.69) is 26.6 Å². The number of nitrogens with one attached hydrogen (secondary N) is 5. The lowest BCUT2D eigenvalue weighted by molar-refractivity contribution is -0.403. The van der Waals surface area contributed by atoms with E-state index in [1.165, 1.54) is 13.8 Å². The van der Waals surface area contributed by atoms with Crippen molar-refractivity contribution in [3.05, 3.63) is 0 Å². The van der Waals surface area contributed by atoms with Crippen LogP contribution >= 0.6 is 0 Å². The van der Waals surface area contributed by atoms with Crippen molar-refractivity contribution in [1.82, 2.24) is 26.6 Å². The Labute approximate surface area is 765 Å². The molecule has 55 atom stereocenters. The van der Waals surface area contributed by atoms with Gasteiger partial charge in [-0.15, -0.1) is 0 Å². The van der Waals surface area contributed by atoms with Crippen molar-refractivity contribution >= 4 is 29.5 Å². The van der Waals surface area contributed by atoms with Crippen LogP contribution in [0.15, 0.2) is 0 Å². The van der Waals surface area contributed by atoms with E-state index in [0.29, 0.717) is 0 Å². The zero-order chi connectivity index (χ0) is 99.4. The Morgan fingerprint density at radius 1 is 0.207 bits per heavy atom. The molecule has 0 bridgehead atoms. The first kappa shape index (κ1) is 111. The van der Waals surface area contributed by atoms with Crippen molar-refractivity contribution in [2.45, 2.75) is 386 Å². The molecule has 0 spiro atoms. The van der Waals surface area contributed by atoms with Crippen LogP contribution in [0.25, 0.3) is 0 Å². The van der Waals surface area contributed by atoms with Gasteiger partial charge < -0.3 is 269 Å². The van der Waals surface area contributed by atoms with Crippen LogP contribution in [0.2, 0.25) is 0 Å². The summed E-state index contributed by atoms with van der Waals surface area (Å²) in [6.07, 6.45) is -105. The third kappa shape index (κ3) is 24.7. The van der Waals surface area contributed by atoms with E-state index >= 15 is 0 Å². The molecule has 0 aliphatic carbocycles. The molecular formula is C76H127N5O54. The Kier molecular flexibility index (Phi) is 39.5. The van der Waals surface area contributed by atoms with Gasteiger partial charge in [-0.2, -0.15) is 0 Å². The van der Waals surface area contributed by atoms with E-state index in [9.17, 15) is 167 Å². The molecule has 11 rings (SSSR count). The molecule has 33 N–H and O–H groups in total. The van der Waals surface area contributed by atoms with Gasteiger partial charge >= 0.3 is 0 Å². The van der Waals surface area contributed by atoms with Crippen molar-refractivity contribution in [3.63, 3.8) is 0 Å². The van der Waals surface area contributed by atoms with Crippen LogP contribution in [-0.2, 0) is 123 Å². The van der Waals surface area contributed by atoms with Crippen molar-refractivity contribution < 1.29 is 266 Å². The van der Waals surface area contributed by atoms with Gasteiger partial charge in [-0.25, -0.2) is 0 Å². The number of aliphatic hydroxyl groups excluding tert-OH is 28. The topological polar surface area (TPSA) is 906 Å². The number of amides is 5. The van der Waals surface area contributed by atoms with E-state index < -0.39 is 426 Å². The summed E-state index contributed by atoms with van der Waals surface area (Å²) in [7, 11) is 0. The number of ether oxygens (including phenoxy) is 21. The largest absolute Gasteiger partial charge is 0.394 e. The van der Waals surface area contributed by atoms with Crippen LogP contribution in [0.3, 0.4) is 0 Å². The van der Waals surface area contributed by atoms with Crippen molar-refractivity contribution in [3.8, 4) is 0 Å². The minimum Gasteiger partial charge on any atom is -0.394 e. The molecule has 5 amide bonds. The lowest BCUT2D eigenvalue weighted by Gasteiger charge is -2.52. The molecule has 1 unspecified atom stereocenters. The van der Waals surface area contributed by atoms with Gasteiger partial charge in [0.2, 0.25) is 29.5 Å². The third-order valence-electron chi connectivity index (χ3n) is 24.9. The summed E-state index contributed by atoms with van der Waals surface area (Å²) in [6, 6.07) is -9.61. The molecule has 59 heteroatoms. The Balaban J connectivity index is 0.954. The summed E-state index contributed by atoms with van der Waals surface area (Å²) in [5.74, 6) is -4.72. The van der Waals surface area contributed by atoms with E-state index in [1.54, 1.807) is 0 Å². The Hall–Kier alpha value is -4.61. The summed E-state index contributed by atoms with van der Waals surface area (Å²) >= 11 is 0. The zero-order valence-electron chi connectivity index (χ0n) is 73.3. The van der Waals surface area contributed by atoms with Gasteiger partial charge in [0, 0.05) is 34.6 Å². The highest BCUT2D eigenvalue weighted by atomic mass is 16.8. The van der Waals surface area contributed by atoms with Crippen molar-refractivity contribution in [2.24, 2.45) is 0 Å². The Morgan fingerprint density at radius 3 is 0.941 bits per heavy atom. The molecule has 780 valence electrons. The highest BCUT2D eigenvalue weighted by Gasteiger charge is 2.63. The molecule has 11 saturated heterocycles. The van der Waals surface area contributed by atoms with E-state index in [0.717, 1.165) is 34.6 Å². The number of hydrogen-bond donors (Lipinski definition) is 33. The second-order valence-electron chi connectivity index (χ2n) is 34.5. The van der Waals surface area contributed by atoms with Crippen LogP contribution in [0, 0.1) is 0 Å². The maximum atomic E-state index is 13.6. The Bertz CT molecular complexity index is 3750. The predicted molar refractivity (Wildman–Crippen MR) is 417 cm³/mol. The first-order valence-corrected chi connectivity index (χ1v) is 43.4. The highest BCUT2D eigenvalue weighted by molar-refractivity contribution is 5.75. The number of rotatable bonds is 34. The summed E-state index contributed by atoms with van der Waals surface area (Å²) in [5.41, 5.74) is 0. The zero-order valence-corrected chi connectivity index (χ0v) is 73.3. The predicted octanol–water partition coefficient (Wildman–Crippen LogP) is -22.2. The fraction of sp³-hybridized carbons (Fsp3) is 0.934. The second-order valence-corrected chi connectivity index (χ2v) is 34.5. The minimum atomic E-state index is -2.70. The quantitative estimate of drug-likeness (QED) is 0.0284. The first-order chi connectivity index (χ1) is 63.8. The van der Waals surface area contributed by atoms with E-state index in [1.807, 2.05) is 0 Å². The third-order valence-corrected chi connectivity index (χ3v) is 24.9. The van der Waals surface area contributed by atoms with Crippen LogP contribution in [0.1, 0.15) is 48.5 Å². The summed E-state index contributed by atoms with van der Waals surface area (Å²) < 4.78 is 127. The van der Waals surface area contributed by atoms with E-state index in [-0.39, 0.29) is 0 Å². The summed E-state index contributed by atoms with van der Waals surface area (Å²) in [5, 5.41) is 329. The smallest absolute Gasteiger partial charge is 0.217 e. The van der Waals surface area contributed by atoms with Gasteiger partial charge in [-0.1, -0.05) is 0 Å².